The first-order valence-electron chi connectivity index (χ1n) is 5.67. The van der Waals surface area contributed by atoms with Crippen LogP contribution in [0.25, 0.3) is 6.08 Å². The van der Waals surface area contributed by atoms with Gasteiger partial charge in [-0.1, -0.05) is 5.92 Å². The second-order valence-electron chi connectivity index (χ2n) is 3.79. The minimum absolute atomic E-state index is 0.0941. The number of terminal acetylenes is 1. The predicted molar refractivity (Wildman–Crippen MR) is 87.5 cm³/mol. The van der Waals surface area contributed by atoms with Crippen LogP contribution in [0.1, 0.15) is 5.56 Å². The molecular weight excluding hydrogens is 418 g/mol. The van der Waals surface area contributed by atoms with E-state index < -0.39 is 11.9 Å². The summed E-state index contributed by atoms with van der Waals surface area (Å²) in [6.45, 7) is 0.0941. The number of imide groups is 1. The number of benzene rings is 1. The zero-order valence-corrected chi connectivity index (χ0v) is 14.2. The monoisotopic (exact) mass is 425 g/mol. The smallest absolute Gasteiger partial charge is 0.319 e. The van der Waals surface area contributed by atoms with E-state index in [9.17, 15) is 9.59 Å². The second-order valence-corrected chi connectivity index (χ2v) is 5.50. The largest absolute Gasteiger partial charge is 0.479 e. The molecule has 0 radical (unpaired) electrons. The Morgan fingerprint density at radius 1 is 1.41 bits per heavy atom. The van der Waals surface area contributed by atoms with Crippen molar-refractivity contribution in [2.75, 3.05) is 6.61 Å². The fraction of sp³-hybridized carbons (Fsp3) is 0.0714. The molecule has 0 aliphatic heterocycles. The number of nitrogens with one attached hydrogen (secondary N) is 1. The van der Waals surface area contributed by atoms with Crippen molar-refractivity contribution in [1.29, 1.82) is 5.26 Å². The SMILES string of the molecule is C#CCOc1c(Br)cc(/C=C(/C#N)C(=O)NC(N)=O)cc1Br. The van der Waals surface area contributed by atoms with Crippen molar-refractivity contribution in [2.24, 2.45) is 5.73 Å². The number of carbonyl (C=O) groups is 2. The van der Waals surface area contributed by atoms with Gasteiger partial charge in [-0.25, -0.2) is 4.79 Å². The van der Waals surface area contributed by atoms with E-state index in [0.29, 0.717) is 20.3 Å². The lowest BCUT2D eigenvalue weighted by Gasteiger charge is -2.09. The maximum Gasteiger partial charge on any atom is 0.319 e. The van der Waals surface area contributed by atoms with Crippen LogP contribution < -0.4 is 15.8 Å². The number of rotatable bonds is 4. The van der Waals surface area contributed by atoms with Gasteiger partial charge in [-0.2, -0.15) is 5.26 Å². The molecule has 0 saturated carbocycles. The number of hydrogen-bond acceptors (Lipinski definition) is 4. The summed E-state index contributed by atoms with van der Waals surface area (Å²) in [5.74, 6) is 1.96. The standard InChI is InChI=1S/C14H9Br2N3O3/c1-2-3-22-12-10(15)5-8(6-11(12)16)4-9(7-17)13(20)19-14(18)21/h1,4-6H,3H2,(H3,18,19,20,21)/b9-4-. The summed E-state index contributed by atoms with van der Waals surface area (Å²) in [7, 11) is 0. The molecule has 1 rings (SSSR count). The van der Waals surface area contributed by atoms with E-state index in [0.717, 1.165) is 0 Å². The molecule has 1 aromatic carbocycles. The highest BCUT2D eigenvalue weighted by molar-refractivity contribution is 9.11. The van der Waals surface area contributed by atoms with Gasteiger partial charge in [-0.3, -0.25) is 10.1 Å². The molecule has 0 bridgehead atoms. The number of nitriles is 1. The van der Waals surface area contributed by atoms with Crippen molar-refractivity contribution in [3.63, 3.8) is 0 Å². The molecular formula is C14H9Br2N3O3. The van der Waals surface area contributed by atoms with Gasteiger partial charge in [-0.15, -0.1) is 6.42 Å². The van der Waals surface area contributed by atoms with Gasteiger partial charge in [0.25, 0.3) is 5.91 Å². The van der Waals surface area contributed by atoms with Gasteiger partial charge in [0.1, 0.15) is 24.0 Å². The normalized spacial score (nSPS) is 10.3. The molecule has 0 aromatic heterocycles. The summed E-state index contributed by atoms with van der Waals surface area (Å²) in [5.41, 5.74) is 5.10. The van der Waals surface area contributed by atoms with E-state index in [1.165, 1.54) is 6.08 Å². The van der Waals surface area contributed by atoms with Gasteiger partial charge in [0.15, 0.2) is 0 Å². The molecule has 0 fully saturated rings. The average Bonchev–Trinajstić information content (AvgIpc) is 2.43. The second kappa shape index (κ2) is 8.23. The number of amides is 3. The van der Waals surface area contributed by atoms with E-state index in [1.807, 2.05) is 5.32 Å². The highest BCUT2D eigenvalue weighted by Gasteiger charge is 2.13. The van der Waals surface area contributed by atoms with E-state index in [2.05, 4.69) is 37.8 Å². The highest BCUT2D eigenvalue weighted by atomic mass is 79.9. The summed E-state index contributed by atoms with van der Waals surface area (Å²) >= 11 is 6.61. The van der Waals surface area contributed by atoms with Crippen molar-refractivity contribution in [2.45, 2.75) is 0 Å². The third kappa shape index (κ3) is 4.92. The lowest BCUT2D eigenvalue weighted by Crippen LogP contribution is -2.35. The molecule has 3 N–H and O–H groups in total. The first kappa shape index (κ1) is 17.8. The number of hydrogen-bond donors (Lipinski definition) is 2. The lowest BCUT2D eigenvalue weighted by molar-refractivity contribution is -0.115. The zero-order chi connectivity index (χ0) is 16.7. The van der Waals surface area contributed by atoms with Gasteiger partial charge in [0, 0.05) is 0 Å². The van der Waals surface area contributed by atoms with Gasteiger partial charge in [0.2, 0.25) is 0 Å². The number of carbonyl (C=O) groups excluding carboxylic acids is 2. The van der Waals surface area contributed by atoms with Gasteiger partial charge in [0.05, 0.1) is 8.95 Å². The molecule has 8 heteroatoms. The molecule has 0 heterocycles. The maximum atomic E-state index is 11.6. The molecule has 0 atom stereocenters. The number of primary amides is 1. The van der Waals surface area contributed by atoms with Crippen molar-refractivity contribution >= 4 is 49.9 Å². The van der Waals surface area contributed by atoms with Crippen molar-refractivity contribution < 1.29 is 14.3 Å². The van der Waals surface area contributed by atoms with Crippen molar-refractivity contribution in [3.8, 4) is 24.2 Å². The maximum absolute atomic E-state index is 11.6. The highest BCUT2D eigenvalue weighted by Crippen LogP contribution is 2.35. The summed E-state index contributed by atoms with van der Waals surface area (Å²) in [5, 5.41) is 10.8. The third-order valence-electron chi connectivity index (χ3n) is 2.23. The van der Waals surface area contributed by atoms with Gasteiger partial charge >= 0.3 is 6.03 Å². The number of halogens is 2. The van der Waals surface area contributed by atoms with Crippen LogP contribution in [-0.4, -0.2) is 18.5 Å². The summed E-state index contributed by atoms with van der Waals surface area (Å²) in [4.78, 5) is 22.2. The molecule has 0 spiro atoms. The van der Waals surface area contributed by atoms with Crippen molar-refractivity contribution in [1.82, 2.24) is 5.32 Å². The van der Waals surface area contributed by atoms with Crippen LogP contribution >= 0.6 is 31.9 Å². The Morgan fingerprint density at radius 3 is 2.45 bits per heavy atom. The minimum atomic E-state index is -1.04. The van der Waals surface area contributed by atoms with Crippen LogP contribution in [0.3, 0.4) is 0 Å². The molecule has 3 amide bonds. The molecule has 0 unspecified atom stereocenters. The third-order valence-corrected chi connectivity index (χ3v) is 3.41. The summed E-state index contributed by atoms with van der Waals surface area (Å²) < 4.78 is 6.51. The Kier molecular flexibility index (Phi) is 6.64. The van der Waals surface area contributed by atoms with Crippen LogP contribution in [0.2, 0.25) is 0 Å². The number of ether oxygens (including phenoxy) is 1. The van der Waals surface area contributed by atoms with Crippen molar-refractivity contribution in [3.05, 3.63) is 32.2 Å². The van der Waals surface area contributed by atoms with Crippen LogP contribution in [0.5, 0.6) is 5.75 Å². The molecule has 22 heavy (non-hydrogen) atoms. The Balaban J connectivity index is 3.15. The summed E-state index contributed by atoms with van der Waals surface area (Å²) in [6, 6.07) is 3.92. The van der Waals surface area contributed by atoms with Gasteiger partial charge < -0.3 is 10.5 Å². The fourth-order valence-corrected chi connectivity index (χ4v) is 2.86. The molecule has 6 nitrogen and oxygen atoms in total. The van der Waals surface area contributed by atoms with Crippen LogP contribution in [0.15, 0.2) is 26.7 Å². The van der Waals surface area contributed by atoms with Crippen LogP contribution in [-0.2, 0) is 4.79 Å². The molecule has 0 aliphatic rings. The predicted octanol–water partition coefficient (Wildman–Crippen LogP) is 2.33. The van der Waals surface area contributed by atoms with E-state index >= 15 is 0 Å². The van der Waals surface area contributed by atoms with Crippen LogP contribution in [0.4, 0.5) is 4.79 Å². The fourth-order valence-electron chi connectivity index (χ4n) is 1.41. The van der Waals surface area contributed by atoms with E-state index in [4.69, 9.17) is 22.2 Å². The van der Waals surface area contributed by atoms with E-state index in [1.54, 1.807) is 18.2 Å². The average molecular weight is 427 g/mol. The number of urea groups is 1. The first-order valence-corrected chi connectivity index (χ1v) is 7.25. The number of nitrogens with two attached hydrogens (primary N) is 1. The Labute approximate surface area is 143 Å². The Hall–Kier alpha value is -2.29. The topological polar surface area (TPSA) is 105 Å². The first-order chi connectivity index (χ1) is 10.4. The lowest BCUT2D eigenvalue weighted by atomic mass is 10.1. The van der Waals surface area contributed by atoms with E-state index in [-0.39, 0.29) is 12.2 Å². The Morgan fingerprint density at radius 2 is 2.00 bits per heavy atom. The molecule has 0 aliphatic carbocycles. The molecule has 112 valence electrons. The number of nitrogens with zero attached hydrogens (tertiary/aromatic N) is 1. The quantitative estimate of drug-likeness (QED) is 0.437. The minimum Gasteiger partial charge on any atom is -0.479 e. The Bertz CT molecular complexity index is 707. The molecule has 0 saturated heterocycles. The van der Waals surface area contributed by atoms with Crippen LogP contribution in [0, 0.1) is 23.7 Å². The molecule has 1 aromatic rings. The zero-order valence-electron chi connectivity index (χ0n) is 11.0. The summed E-state index contributed by atoms with van der Waals surface area (Å²) in [6.07, 6.45) is 6.43. The van der Waals surface area contributed by atoms with Gasteiger partial charge in [-0.05, 0) is 55.6 Å².